The highest BCUT2D eigenvalue weighted by atomic mass is 79.9. The fourth-order valence-corrected chi connectivity index (χ4v) is 6.67. The van der Waals surface area contributed by atoms with E-state index in [-0.39, 0.29) is 10.8 Å². The minimum Gasteiger partial charge on any atom is -0.492 e. The molecule has 5 rings (SSSR count). The predicted molar refractivity (Wildman–Crippen MR) is 153 cm³/mol. The van der Waals surface area contributed by atoms with Gasteiger partial charge in [-0.25, -0.2) is 13.1 Å². The summed E-state index contributed by atoms with van der Waals surface area (Å²) in [6, 6.07) is 25.9. The number of carbonyl (C=O) groups excluding carboxylic acids is 1. The summed E-state index contributed by atoms with van der Waals surface area (Å²) >= 11 is 3.50. The third-order valence-electron chi connectivity index (χ3n) is 6.36. The van der Waals surface area contributed by atoms with Crippen molar-refractivity contribution in [3.8, 4) is 5.75 Å². The van der Waals surface area contributed by atoms with Crippen LogP contribution in [0.3, 0.4) is 0 Å². The number of nitrogens with zero attached hydrogens (tertiary/aromatic N) is 1. The summed E-state index contributed by atoms with van der Waals surface area (Å²) in [6.45, 7) is 6.04. The van der Waals surface area contributed by atoms with Gasteiger partial charge in [-0.05, 0) is 85.1 Å². The molecule has 196 valence electrons. The number of carbonyl (C=O) groups is 1. The van der Waals surface area contributed by atoms with E-state index in [1.807, 2.05) is 60.7 Å². The minimum absolute atomic E-state index is 0.0985. The number of ether oxygens (including phenoxy) is 1. The normalized spacial score (nSPS) is 15.6. The van der Waals surface area contributed by atoms with E-state index in [9.17, 15) is 13.2 Å². The lowest BCUT2D eigenvalue weighted by atomic mass is 9.98. The molecule has 0 spiro atoms. The van der Waals surface area contributed by atoms with Crippen molar-refractivity contribution in [2.75, 3.05) is 13.2 Å². The van der Waals surface area contributed by atoms with Crippen LogP contribution in [0.5, 0.6) is 5.75 Å². The van der Waals surface area contributed by atoms with Crippen LogP contribution < -0.4 is 9.46 Å². The van der Waals surface area contributed by atoms with Gasteiger partial charge in [0.05, 0.1) is 17.5 Å². The first-order valence-electron chi connectivity index (χ1n) is 12.4. The van der Waals surface area contributed by atoms with Crippen molar-refractivity contribution in [1.29, 1.82) is 0 Å². The molecule has 8 heteroatoms. The number of amides is 1. The van der Waals surface area contributed by atoms with Crippen LogP contribution in [0.2, 0.25) is 0 Å². The standard InChI is InChI=1S/C30H29BrN2O4S/c1-30(2,3)32-38(35,36)25-8-6-7-22(19-25)28-26-9-4-5-10-27(26)29(34)33(28)15-16-37-24-14-12-20-17-23(31)13-11-21(20)18-24/h4-14,17-19,28,32H,15-16H2,1-3H3. The van der Waals surface area contributed by atoms with Crippen LogP contribution in [0.25, 0.3) is 10.8 Å². The van der Waals surface area contributed by atoms with Gasteiger partial charge in [0.15, 0.2) is 0 Å². The Kier molecular flexibility index (Phi) is 7.07. The second kappa shape index (κ2) is 10.2. The number of sulfonamides is 1. The Morgan fingerprint density at radius 2 is 1.66 bits per heavy atom. The molecule has 0 radical (unpaired) electrons. The number of benzene rings is 4. The van der Waals surface area contributed by atoms with Gasteiger partial charge >= 0.3 is 0 Å². The molecule has 1 amide bonds. The highest BCUT2D eigenvalue weighted by Gasteiger charge is 2.37. The molecular weight excluding hydrogens is 564 g/mol. The first-order chi connectivity index (χ1) is 18.0. The second-order valence-electron chi connectivity index (χ2n) is 10.4. The lowest BCUT2D eigenvalue weighted by molar-refractivity contribution is 0.0721. The Hall–Kier alpha value is -3.20. The Balaban J connectivity index is 1.41. The summed E-state index contributed by atoms with van der Waals surface area (Å²) in [5.74, 6) is 0.625. The average molecular weight is 594 g/mol. The van der Waals surface area contributed by atoms with E-state index in [1.165, 1.54) is 0 Å². The summed E-state index contributed by atoms with van der Waals surface area (Å²) in [6.07, 6.45) is 0. The van der Waals surface area contributed by atoms with Crippen molar-refractivity contribution in [2.45, 2.75) is 37.2 Å². The first-order valence-corrected chi connectivity index (χ1v) is 14.7. The van der Waals surface area contributed by atoms with Crippen LogP contribution in [0.15, 0.2) is 94.3 Å². The largest absolute Gasteiger partial charge is 0.492 e. The van der Waals surface area contributed by atoms with Crippen molar-refractivity contribution in [2.24, 2.45) is 0 Å². The van der Waals surface area contributed by atoms with Gasteiger partial charge in [0, 0.05) is 15.6 Å². The molecule has 1 aliphatic rings. The smallest absolute Gasteiger partial charge is 0.255 e. The average Bonchev–Trinajstić information content (AvgIpc) is 3.14. The van der Waals surface area contributed by atoms with E-state index >= 15 is 0 Å². The number of rotatable bonds is 7. The molecule has 1 atom stereocenters. The molecule has 0 aliphatic carbocycles. The van der Waals surface area contributed by atoms with Crippen LogP contribution in [0, 0.1) is 0 Å². The molecule has 4 aromatic rings. The maximum absolute atomic E-state index is 13.4. The van der Waals surface area contributed by atoms with Gasteiger partial charge in [-0.3, -0.25) is 4.79 Å². The minimum atomic E-state index is -3.73. The van der Waals surface area contributed by atoms with E-state index in [0.717, 1.165) is 32.1 Å². The van der Waals surface area contributed by atoms with E-state index < -0.39 is 21.6 Å². The summed E-state index contributed by atoms with van der Waals surface area (Å²) in [5.41, 5.74) is 1.59. The summed E-state index contributed by atoms with van der Waals surface area (Å²) in [5, 5.41) is 2.17. The fraction of sp³-hybridized carbons (Fsp3) is 0.233. The van der Waals surface area contributed by atoms with Crippen molar-refractivity contribution >= 4 is 42.6 Å². The van der Waals surface area contributed by atoms with Crippen LogP contribution in [-0.2, 0) is 10.0 Å². The maximum atomic E-state index is 13.4. The first kappa shape index (κ1) is 26.4. The second-order valence-corrected chi connectivity index (χ2v) is 13.0. The summed E-state index contributed by atoms with van der Waals surface area (Å²) in [4.78, 5) is 15.4. The lowest BCUT2D eigenvalue weighted by Gasteiger charge is -2.26. The Morgan fingerprint density at radius 1 is 0.921 bits per heavy atom. The van der Waals surface area contributed by atoms with Gasteiger partial charge in [0.25, 0.3) is 5.91 Å². The SMILES string of the molecule is CC(C)(C)NS(=O)(=O)c1cccc(C2c3ccccc3C(=O)N2CCOc2ccc3cc(Br)ccc3c2)c1. The number of halogens is 1. The van der Waals surface area contributed by atoms with Crippen LogP contribution in [0.1, 0.15) is 48.3 Å². The molecule has 1 N–H and O–H groups in total. The third kappa shape index (κ3) is 5.48. The van der Waals surface area contributed by atoms with Crippen LogP contribution in [0.4, 0.5) is 0 Å². The molecule has 0 bridgehead atoms. The molecular formula is C30H29BrN2O4S. The van der Waals surface area contributed by atoms with Crippen molar-refractivity contribution in [3.05, 3.63) is 106 Å². The zero-order chi connectivity index (χ0) is 27.1. The van der Waals surface area contributed by atoms with Gasteiger partial charge in [-0.1, -0.05) is 58.4 Å². The topological polar surface area (TPSA) is 75.7 Å². The van der Waals surface area contributed by atoms with Crippen LogP contribution in [-0.4, -0.2) is 37.9 Å². The number of nitrogens with one attached hydrogen (secondary N) is 1. The highest BCUT2D eigenvalue weighted by molar-refractivity contribution is 9.10. The lowest BCUT2D eigenvalue weighted by Crippen LogP contribution is -2.40. The number of fused-ring (bicyclic) bond motifs is 2. The van der Waals surface area contributed by atoms with Crippen LogP contribution >= 0.6 is 15.9 Å². The monoisotopic (exact) mass is 592 g/mol. The zero-order valence-electron chi connectivity index (χ0n) is 21.4. The molecule has 1 heterocycles. The van der Waals surface area contributed by atoms with E-state index in [1.54, 1.807) is 43.9 Å². The van der Waals surface area contributed by atoms with Crippen molar-refractivity contribution in [1.82, 2.24) is 9.62 Å². The maximum Gasteiger partial charge on any atom is 0.255 e. The van der Waals surface area contributed by atoms with Crippen molar-refractivity contribution < 1.29 is 17.9 Å². The van der Waals surface area contributed by atoms with Gasteiger partial charge < -0.3 is 9.64 Å². The zero-order valence-corrected chi connectivity index (χ0v) is 23.8. The predicted octanol–water partition coefficient (Wildman–Crippen LogP) is 6.30. The summed E-state index contributed by atoms with van der Waals surface area (Å²) in [7, 11) is -3.73. The molecule has 1 aliphatic heterocycles. The molecule has 0 saturated heterocycles. The molecule has 6 nitrogen and oxygen atoms in total. The summed E-state index contributed by atoms with van der Waals surface area (Å²) < 4.78 is 35.8. The Labute approximate surface area is 231 Å². The van der Waals surface area contributed by atoms with Gasteiger partial charge in [0.2, 0.25) is 10.0 Å². The molecule has 38 heavy (non-hydrogen) atoms. The number of hydrogen-bond donors (Lipinski definition) is 1. The van der Waals surface area contributed by atoms with E-state index in [0.29, 0.717) is 18.7 Å². The fourth-order valence-electron chi connectivity index (χ4n) is 4.82. The quantitative estimate of drug-likeness (QED) is 0.273. The van der Waals surface area contributed by atoms with E-state index in [4.69, 9.17) is 4.74 Å². The Bertz CT molecular complexity index is 1630. The van der Waals surface area contributed by atoms with Gasteiger partial charge in [0.1, 0.15) is 12.4 Å². The van der Waals surface area contributed by atoms with Gasteiger partial charge in [-0.2, -0.15) is 0 Å². The number of hydrogen-bond acceptors (Lipinski definition) is 4. The molecule has 0 fully saturated rings. The molecule has 0 aromatic heterocycles. The molecule has 1 unspecified atom stereocenters. The molecule has 4 aromatic carbocycles. The van der Waals surface area contributed by atoms with Gasteiger partial charge in [-0.15, -0.1) is 0 Å². The van der Waals surface area contributed by atoms with Crippen molar-refractivity contribution in [3.63, 3.8) is 0 Å². The van der Waals surface area contributed by atoms with E-state index in [2.05, 4.69) is 26.7 Å². The Morgan fingerprint density at radius 3 is 2.45 bits per heavy atom. The third-order valence-corrected chi connectivity index (χ3v) is 8.61. The highest BCUT2D eigenvalue weighted by Crippen LogP contribution is 2.39. The molecule has 0 saturated carbocycles.